The van der Waals surface area contributed by atoms with E-state index in [1.807, 2.05) is 0 Å². The van der Waals surface area contributed by atoms with Crippen molar-refractivity contribution in [2.24, 2.45) is 0 Å². The first kappa shape index (κ1) is 12.3. The van der Waals surface area contributed by atoms with Crippen LogP contribution in [0.4, 0.5) is 13.2 Å². The summed E-state index contributed by atoms with van der Waals surface area (Å²) in [6, 6.07) is 3.74. The summed E-state index contributed by atoms with van der Waals surface area (Å²) in [5.41, 5.74) is -0.924. The lowest BCUT2D eigenvalue weighted by Crippen LogP contribution is -2.07. The molecule has 0 spiro atoms. The summed E-state index contributed by atoms with van der Waals surface area (Å²) in [5, 5.41) is 2.25. The van der Waals surface area contributed by atoms with Gasteiger partial charge in [-0.05, 0) is 30.4 Å². The summed E-state index contributed by atoms with van der Waals surface area (Å²) in [5.74, 6) is -0.0465. The predicted octanol–water partition coefficient (Wildman–Crippen LogP) is 4.18. The van der Waals surface area contributed by atoms with Gasteiger partial charge < -0.3 is 4.52 Å². The minimum absolute atomic E-state index is 0.0465. The van der Waals surface area contributed by atoms with Gasteiger partial charge in [-0.1, -0.05) is 15.9 Å². The van der Waals surface area contributed by atoms with Crippen molar-refractivity contribution in [3.8, 4) is 11.4 Å². The van der Waals surface area contributed by atoms with Gasteiger partial charge in [-0.3, -0.25) is 0 Å². The molecule has 1 heterocycles. The van der Waals surface area contributed by atoms with Gasteiger partial charge >= 0.3 is 11.0 Å². The molecule has 0 fully saturated rings. The highest BCUT2D eigenvalue weighted by atomic mass is 79.9. The van der Waals surface area contributed by atoms with E-state index < -0.39 is 11.7 Å². The quantitative estimate of drug-likeness (QED) is 0.800. The summed E-state index contributed by atoms with van der Waals surface area (Å²) in [6.45, 7) is 0. The van der Waals surface area contributed by atoms with Crippen LogP contribution < -0.4 is 0 Å². The second kappa shape index (κ2) is 4.26. The van der Waals surface area contributed by atoms with Crippen molar-refractivity contribution in [3.63, 3.8) is 0 Å². The van der Waals surface area contributed by atoms with Crippen LogP contribution in [0.2, 0.25) is 0 Å². The van der Waals surface area contributed by atoms with Crippen molar-refractivity contribution in [1.29, 1.82) is 0 Å². The maximum atomic E-state index is 12.8. The van der Waals surface area contributed by atoms with E-state index >= 15 is 0 Å². The van der Waals surface area contributed by atoms with Crippen molar-refractivity contribution in [1.82, 2.24) is 10.1 Å². The lowest BCUT2D eigenvalue weighted by atomic mass is 10.1. The number of aromatic amines is 1. The Kier molecular flexibility index (Phi) is 3.09. The van der Waals surface area contributed by atoms with E-state index in [0.29, 0.717) is 4.47 Å². The first-order valence-corrected chi connectivity index (χ1v) is 5.50. The molecule has 2 rings (SSSR count). The minimum Gasteiger partial charge on any atom is -0.348 e. The maximum absolute atomic E-state index is 12.8. The van der Waals surface area contributed by atoms with Crippen molar-refractivity contribution in [3.05, 3.63) is 33.1 Å². The average molecular weight is 325 g/mol. The number of nitrogens with zero attached hydrogens (tertiary/aromatic N) is 1. The van der Waals surface area contributed by atoms with E-state index in [1.54, 1.807) is 0 Å². The molecule has 90 valence electrons. The summed E-state index contributed by atoms with van der Waals surface area (Å²) in [7, 11) is 0. The first-order chi connectivity index (χ1) is 7.88. The summed E-state index contributed by atoms with van der Waals surface area (Å²) in [6.07, 6.45) is -4.48. The molecule has 0 aliphatic carbocycles. The zero-order chi connectivity index (χ0) is 12.6. The highest BCUT2D eigenvalue weighted by Crippen LogP contribution is 2.37. The maximum Gasteiger partial charge on any atom is 0.417 e. The molecule has 0 bridgehead atoms. The Bertz CT molecular complexity index is 605. The normalized spacial score (nSPS) is 11.8. The third-order valence-corrected chi connectivity index (χ3v) is 2.65. The smallest absolute Gasteiger partial charge is 0.348 e. The van der Waals surface area contributed by atoms with Gasteiger partial charge in [0.25, 0.3) is 0 Å². The van der Waals surface area contributed by atoms with Crippen LogP contribution in [0.5, 0.6) is 0 Å². The Morgan fingerprint density at radius 1 is 1.35 bits per heavy atom. The molecule has 0 unspecified atom stereocenters. The summed E-state index contributed by atoms with van der Waals surface area (Å²) in [4.78, 5) is 3.52. The van der Waals surface area contributed by atoms with Gasteiger partial charge in [0.1, 0.15) is 0 Å². The molecule has 8 heteroatoms. The van der Waals surface area contributed by atoms with Gasteiger partial charge in [0.2, 0.25) is 0 Å². The van der Waals surface area contributed by atoms with Crippen LogP contribution in [0.15, 0.2) is 27.2 Å². The Labute approximate surface area is 107 Å². The fraction of sp³-hybridized carbons (Fsp3) is 0.111. The second-order valence-electron chi connectivity index (χ2n) is 3.12. The zero-order valence-electron chi connectivity index (χ0n) is 8.01. The molecular formula is C9H4BrF3N2OS. The molecule has 1 aromatic heterocycles. The number of rotatable bonds is 1. The van der Waals surface area contributed by atoms with Gasteiger partial charge in [-0.25, -0.2) is 5.16 Å². The van der Waals surface area contributed by atoms with Crippen LogP contribution in [0.25, 0.3) is 11.4 Å². The van der Waals surface area contributed by atoms with E-state index in [9.17, 15) is 13.2 Å². The monoisotopic (exact) mass is 324 g/mol. The summed E-state index contributed by atoms with van der Waals surface area (Å²) < 4.78 is 43.4. The average Bonchev–Trinajstić information content (AvgIpc) is 2.63. The molecule has 17 heavy (non-hydrogen) atoms. The Hall–Kier alpha value is -1.15. The van der Waals surface area contributed by atoms with Crippen molar-refractivity contribution in [2.45, 2.75) is 6.18 Å². The molecule has 0 saturated carbocycles. The molecule has 0 radical (unpaired) electrons. The van der Waals surface area contributed by atoms with E-state index in [2.05, 4.69) is 42.8 Å². The number of hydrogen-bond acceptors (Lipinski definition) is 3. The fourth-order valence-electron chi connectivity index (χ4n) is 1.30. The zero-order valence-corrected chi connectivity index (χ0v) is 10.4. The van der Waals surface area contributed by atoms with Gasteiger partial charge in [0.15, 0.2) is 5.82 Å². The van der Waals surface area contributed by atoms with Crippen LogP contribution in [0.3, 0.4) is 0 Å². The summed E-state index contributed by atoms with van der Waals surface area (Å²) >= 11 is 7.59. The van der Waals surface area contributed by atoms with E-state index in [1.165, 1.54) is 12.1 Å². The highest BCUT2D eigenvalue weighted by molar-refractivity contribution is 9.10. The number of halogens is 4. The number of aromatic nitrogens is 2. The van der Waals surface area contributed by atoms with Crippen molar-refractivity contribution in [2.75, 3.05) is 0 Å². The molecule has 0 saturated heterocycles. The molecule has 0 aliphatic heterocycles. The molecular weight excluding hydrogens is 321 g/mol. The van der Waals surface area contributed by atoms with Crippen molar-refractivity contribution < 1.29 is 17.7 Å². The lowest BCUT2D eigenvalue weighted by Gasteiger charge is -2.10. The number of H-pyrrole nitrogens is 1. The molecule has 0 aliphatic rings. The third-order valence-electron chi connectivity index (χ3n) is 1.98. The molecule has 3 nitrogen and oxygen atoms in total. The van der Waals surface area contributed by atoms with Crippen LogP contribution in [0, 0.1) is 4.84 Å². The Morgan fingerprint density at radius 3 is 2.59 bits per heavy atom. The van der Waals surface area contributed by atoms with E-state index in [-0.39, 0.29) is 16.2 Å². The van der Waals surface area contributed by atoms with Gasteiger partial charge in [0, 0.05) is 10.0 Å². The SMILES string of the molecule is FC(F)(F)c1cc(Br)ccc1-c1nc(=S)o[nH]1. The standard InChI is InChI=1S/C9H4BrF3N2OS/c10-4-1-2-5(6(3-4)9(11,12)13)7-14-8(17)16-15-7/h1-3H,(H,14,15,17). The largest absolute Gasteiger partial charge is 0.417 e. The molecule has 2 aromatic rings. The molecule has 1 N–H and O–H groups in total. The number of alkyl halides is 3. The van der Waals surface area contributed by atoms with Crippen LogP contribution >= 0.6 is 28.1 Å². The number of benzene rings is 1. The molecule has 0 atom stereocenters. The lowest BCUT2D eigenvalue weighted by molar-refractivity contribution is -0.137. The highest BCUT2D eigenvalue weighted by Gasteiger charge is 2.34. The second-order valence-corrected chi connectivity index (χ2v) is 4.38. The van der Waals surface area contributed by atoms with Crippen LogP contribution in [0.1, 0.15) is 5.56 Å². The van der Waals surface area contributed by atoms with Crippen molar-refractivity contribution >= 4 is 28.1 Å². The number of nitrogens with one attached hydrogen (secondary N) is 1. The molecule has 1 aromatic carbocycles. The van der Waals surface area contributed by atoms with Crippen LogP contribution in [-0.2, 0) is 6.18 Å². The topological polar surface area (TPSA) is 41.8 Å². The van der Waals surface area contributed by atoms with E-state index in [0.717, 1.165) is 6.07 Å². The Balaban J connectivity index is 2.65. The first-order valence-electron chi connectivity index (χ1n) is 4.30. The molecule has 0 amide bonds. The van der Waals surface area contributed by atoms with E-state index in [4.69, 9.17) is 0 Å². The van der Waals surface area contributed by atoms with Crippen LogP contribution in [-0.4, -0.2) is 10.1 Å². The minimum atomic E-state index is -4.48. The van der Waals surface area contributed by atoms with Gasteiger partial charge in [-0.15, -0.1) is 0 Å². The predicted molar refractivity (Wildman–Crippen MR) is 59.8 cm³/mol. The fourth-order valence-corrected chi connectivity index (χ4v) is 1.80. The Morgan fingerprint density at radius 2 is 2.06 bits per heavy atom. The van der Waals surface area contributed by atoms with Gasteiger partial charge in [0.05, 0.1) is 5.56 Å². The third kappa shape index (κ3) is 2.58. The van der Waals surface area contributed by atoms with Gasteiger partial charge in [-0.2, -0.15) is 18.2 Å². The number of hydrogen-bond donors (Lipinski definition) is 1.